The Kier molecular flexibility index (Phi) is 10.1. The summed E-state index contributed by atoms with van der Waals surface area (Å²) in [6.45, 7) is 18.4. The number of guanidine groups is 1. The third-order valence-electron chi connectivity index (χ3n) is 5.37. The van der Waals surface area contributed by atoms with Crippen LogP contribution in [0.15, 0.2) is 92.3 Å². The molecular formula is C25H37N7OS. The summed E-state index contributed by atoms with van der Waals surface area (Å²) in [4.78, 5) is 11.1. The quantitative estimate of drug-likeness (QED) is 0.388. The minimum absolute atomic E-state index is 0.263. The van der Waals surface area contributed by atoms with E-state index in [2.05, 4.69) is 41.5 Å². The van der Waals surface area contributed by atoms with E-state index < -0.39 is 0 Å². The van der Waals surface area contributed by atoms with Gasteiger partial charge >= 0.3 is 0 Å². The molecule has 8 nitrogen and oxygen atoms in total. The lowest BCUT2D eigenvalue weighted by Crippen LogP contribution is -2.42. The van der Waals surface area contributed by atoms with Gasteiger partial charge in [-0.3, -0.25) is 4.99 Å². The Morgan fingerprint density at radius 1 is 1.32 bits per heavy atom. The second kappa shape index (κ2) is 12.8. The van der Waals surface area contributed by atoms with E-state index in [1.165, 1.54) is 0 Å². The fraction of sp³-hybridized carbons (Fsp3) is 0.360. The van der Waals surface area contributed by atoms with Crippen LogP contribution in [0.4, 0.5) is 0 Å². The highest BCUT2D eigenvalue weighted by molar-refractivity contribution is 8.06. The largest absolute Gasteiger partial charge is 0.491 e. The van der Waals surface area contributed by atoms with Crippen molar-refractivity contribution in [3.63, 3.8) is 0 Å². The summed E-state index contributed by atoms with van der Waals surface area (Å²) < 4.78 is 6.02. The summed E-state index contributed by atoms with van der Waals surface area (Å²) in [5.74, 6) is 2.30. The molecule has 0 spiro atoms. The Labute approximate surface area is 207 Å². The van der Waals surface area contributed by atoms with Gasteiger partial charge in [-0.1, -0.05) is 57.0 Å². The van der Waals surface area contributed by atoms with E-state index in [9.17, 15) is 0 Å². The maximum Gasteiger partial charge on any atom is 0.217 e. The first kappa shape index (κ1) is 26.9. The summed E-state index contributed by atoms with van der Waals surface area (Å²) in [5.41, 5.74) is 26.6. The zero-order valence-corrected chi connectivity index (χ0v) is 21.0. The molecule has 0 amide bonds. The van der Waals surface area contributed by atoms with Crippen LogP contribution >= 0.6 is 11.8 Å². The van der Waals surface area contributed by atoms with Gasteiger partial charge < -0.3 is 32.6 Å². The molecule has 34 heavy (non-hydrogen) atoms. The van der Waals surface area contributed by atoms with Crippen molar-refractivity contribution in [2.45, 2.75) is 26.7 Å². The number of nitrogens with zero attached hydrogens (tertiary/aromatic N) is 3. The van der Waals surface area contributed by atoms with Crippen LogP contribution in [0, 0.1) is 5.92 Å². The number of thioether (sulfide) groups is 1. The molecule has 0 aromatic carbocycles. The average molecular weight is 484 g/mol. The predicted octanol–water partition coefficient (Wildman–Crippen LogP) is 3.21. The minimum atomic E-state index is 0.263. The SMILES string of the molecule is C=CC(=C\C(N)=C(/N)SC(=C)N)/C(C)=C/C=C1/OCCN(C2=NC(N)=NCC2CCC)CC1=C. The van der Waals surface area contributed by atoms with Gasteiger partial charge in [0.15, 0.2) is 0 Å². The third kappa shape index (κ3) is 7.62. The van der Waals surface area contributed by atoms with Crippen molar-refractivity contribution in [2.75, 3.05) is 26.2 Å². The van der Waals surface area contributed by atoms with Gasteiger partial charge in [0.2, 0.25) is 5.96 Å². The number of ether oxygens (including phenoxy) is 1. The van der Waals surface area contributed by atoms with Gasteiger partial charge in [0.25, 0.3) is 0 Å². The summed E-state index contributed by atoms with van der Waals surface area (Å²) >= 11 is 1.12. The molecule has 2 aliphatic heterocycles. The molecule has 1 unspecified atom stereocenters. The maximum absolute atomic E-state index is 6.09. The average Bonchev–Trinajstić information content (AvgIpc) is 2.97. The van der Waals surface area contributed by atoms with E-state index in [1.54, 1.807) is 12.2 Å². The van der Waals surface area contributed by atoms with Crippen LogP contribution in [0.25, 0.3) is 0 Å². The second-order valence-electron chi connectivity index (χ2n) is 8.10. The molecule has 1 fully saturated rings. The predicted molar refractivity (Wildman–Crippen MR) is 145 cm³/mol. The molecule has 2 rings (SSSR count). The molecule has 184 valence electrons. The first-order valence-corrected chi connectivity index (χ1v) is 12.0. The summed E-state index contributed by atoms with van der Waals surface area (Å²) in [7, 11) is 0. The topological polar surface area (TPSA) is 141 Å². The third-order valence-corrected chi connectivity index (χ3v) is 6.09. The number of hydrogen-bond acceptors (Lipinski definition) is 9. The van der Waals surface area contributed by atoms with Crippen LogP contribution in [-0.2, 0) is 4.74 Å². The van der Waals surface area contributed by atoms with Gasteiger partial charge in [0.1, 0.15) is 18.2 Å². The molecule has 2 aliphatic rings. The van der Waals surface area contributed by atoms with Crippen molar-refractivity contribution in [2.24, 2.45) is 38.8 Å². The molecule has 0 radical (unpaired) electrons. The number of aliphatic imine (C=N–C) groups is 2. The summed E-state index contributed by atoms with van der Waals surface area (Å²) in [6.07, 6.45) is 9.42. The normalized spacial score (nSPS) is 21.8. The van der Waals surface area contributed by atoms with E-state index >= 15 is 0 Å². The van der Waals surface area contributed by atoms with Crippen LogP contribution in [0.3, 0.4) is 0 Å². The lowest BCUT2D eigenvalue weighted by Gasteiger charge is -2.30. The summed E-state index contributed by atoms with van der Waals surface area (Å²) in [5, 5.41) is 0.760. The van der Waals surface area contributed by atoms with Crippen molar-refractivity contribution < 1.29 is 4.74 Å². The number of allylic oxidation sites excluding steroid dienone is 6. The smallest absolute Gasteiger partial charge is 0.217 e. The van der Waals surface area contributed by atoms with Crippen LogP contribution in [0.1, 0.15) is 26.7 Å². The number of amidine groups is 1. The molecule has 9 heteroatoms. The first-order chi connectivity index (χ1) is 16.2. The van der Waals surface area contributed by atoms with E-state index in [0.29, 0.717) is 48.0 Å². The van der Waals surface area contributed by atoms with Gasteiger partial charge in [-0.15, -0.1) is 0 Å². The molecule has 0 aromatic rings. The maximum atomic E-state index is 6.09. The number of hydrogen-bond donors (Lipinski definition) is 4. The van der Waals surface area contributed by atoms with Crippen molar-refractivity contribution >= 4 is 23.6 Å². The fourth-order valence-corrected chi connectivity index (χ4v) is 4.07. The van der Waals surface area contributed by atoms with Crippen LogP contribution in [-0.4, -0.2) is 42.9 Å². The Balaban J connectivity index is 2.21. The van der Waals surface area contributed by atoms with E-state index in [1.807, 2.05) is 19.1 Å². The number of rotatable bonds is 8. The highest BCUT2D eigenvalue weighted by atomic mass is 32.2. The van der Waals surface area contributed by atoms with Gasteiger partial charge in [0, 0.05) is 18.0 Å². The van der Waals surface area contributed by atoms with Gasteiger partial charge in [-0.05, 0) is 36.6 Å². The van der Waals surface area contributed by atoms with Crippen molar-refractivity contribution in [1.29, 1.82) is 0 Å². The lowest BCUT2D eigenvalue weighted by molar-refractivity contribution is 0.216. The molecule has 1 atom stereocenters. The Bertz CT molecular complexity index is 1000. The Hall–Kier alpha value is -3.33. The van der Waals surface area contributed by atoms with Gasteiger partial charge in [-0.2, -0.15) is 0 Å². The lowest BCUT2D eigenvalue weighted by atomic mass is 10.00. The second-order valence-corrected chi connectivity index (χ2v) is 9.27. The molecule has 8 N–H and O–H groups in total. The van der Waals surface area contributed by atoms with E-state index in [4.69, 9.17) is 27.7 Å². The number of nitrogens with two attached hydrogens (primary N) is 4. The minimum Gasteiger partial charge on any atom is -0.491 e. The van der Waals surface area contributed by atoms with Crippen LogP contribution in [0.2, 0.25) is 0 Å². The van der Waals surface area contributed by atoms with Crippen molar-refractivity contribution in [1.82, 2.24) is 4.90 Å². The van der Waals surface area contributed by atoms with Gasteiger partial charge in [-0.25, -0.2) is 4.99 Å². The highest BCUT2D eigenvalue weighted by Gasteiger charge is 2.27. The zero-order chi connectivity index (χ0) is 25.3. The fourth-order valence-electron chi connectivity index (χ4n) is 3.61. The van der Waals surface area contributed by atoms with Crippen LogP contribution < -0.4 is 22.9 Å². The monoisotopic (exact) mass is 483 g/mol. The molecule has 1 saturated heterocycles. The zero-order valence-electron chi connectivity index (χ0n) is 20.2. The highest BCUT2D eigenvalue weighted by Crippen LogP contribution is 2.23. The Morgan fingerprint density at radius 3 is 2.71 bits per heavy atom. The molecule has 0 aromatic heterocycles. The van der Waals surface area contributed by atoms with E-state index in [-0.39, 0.29) is 5.92 Å². The molecule has 0 bridgehead atoms. The van der Waals surface area contributed by atoms with Crippen molar-refractivity contribution in [3.05, 3.63) is 82.3 Å². The Morgan fingerprint density at radius 2 is 2.06 bits per heavy atom. The standard InChI is InChI=1S/C25H37N7OS/c1-6-8-20-14-30-25(29)31-24(20)32-11-12-33-22(17(4)15-32)10-9-16(3)19(7-2)13-21(27)23(28)34-18(5)26/h7,9-10,13,20H,2,4-6,8,11-12,14-15,26-28H2,1,3H3,(H2,29,30)/b16-9+,19-13+,22-10+,23-21-. The molecule has 0 aliphatic carbocycles. The van der Waals surface area contributed by atoms with E-state index in [0.717, 1.165) is 52.9 Å². The first-order valence-electron chi connectivity index (χ1n) is 11.2. The molecule has 0 saturated carbocycles. The van der Waals surface area contributed by atoms with Gasteiger partial charge in [0.05, 0.1) is 28.8 Å². The molecule has 2 heterocycles. The van der Waals surface area contributed by atoms with Crippen molar-refractivity contribution in [3.8, 4) is 0 Å². The molecular weight excluding hydrogens is 446 g/mol. The van der Waals surface area contributed by atoms with Crippen LogP contribution in [0.5, 0.6) is 0 Å². The summed E-state index contributed by atoms with van der Waals surface area (Å²) in [6, 6.07) is 0.